The third-order valence-corrected chi connectivity index (χ3v) is 3.56. The molecule has 7 nitrogen and oxygen atoms in total. The number of benzene rings is 2. The molecule has 2 aromatic carbocycles. The van der Waals surface area contributed by atoms with Gasteiger partial charge in [0.25, 0.3) is 0 Å². The van der Waals surface area contributed by atoms with E-state index in [1.807, 2.05) is 0 Å². The smallest absolute Gasteiger partial charge is 0.508 e. The van der Waals surface area contributed by atoms with Gasteiger partial charge in [-0.05, 0) is 17.7 Å². The highest BCUT2D eigenvalue weighted by atomic mass is 31.2. The van der Waals surface area contributed by atoms with Gasteiger partial charge in [-0.1, -0.05) is 19.1 Å². The molecule has 0 saturated heterocycles. The van der Waals surface area contributed by atoms with E-state index in [-0.39, 0.29) is 22.8 Å². The Morgan fingerprint density at radius 2 is 1.73 bits per heavy atom. The molecule has 0 amide bonds. The quantitative estimate of drug-likeness (QED) is 0.546. The van der Waals surface area contributed by atoms with Crippen LogP contribution >= 0.6 is 7.82 Å². The van der Waals surface area contributed by atoms with Crippen molar-refractivity contribution in [1.82, 2.24) is 0 Å². The number of phosphoric acid groups is 1. The van der Waals surface area contributed by atoms with Crippen LogP contribution in [0.2, 0.25) is 0 Å². The van der Waals surface area contributed by atoms with Crippen LogP contribution in [0.25, 0.3) is 0 Å². The van der Waals surface area contributed by atoms with Crippen LogP contribution in [0.4, 0.5) is 0 Å². The Kier molecular flexibility index (Phi) is 4.32. The third-order valence-electron chi connectivity index (χ3n) is 3.13. The molecule has 0 fully saturated rings. The van der Waals surface area contributed by atoms with E-state index in [1.165, 1.54) is 12.1 Å². The third kappa shape index (κ3) is 3.71. The first kappa shape index (κ1) is 16.2. The normalized spacial score (nSPS) is 12.9. The predicted octanol–water partition coefficient (Wildman–Crippen LogP) is 2.43. The highest BCUT2D eigenvalue weighted by molar-refractivity contribution is 7.46. The molecule has 0 aliphatic carbocycles. The lowest BCUT2D eigenvalue weighted by Gasteiger charge is -2.19. The summed E-state index contributed by atoms with van der Waals surface area (Å²) in [5, 5.41) is 29.0. The summed E-state index contributed by atoms with van der Waals surface area (Å²) in [4.78, 5) is 17.9. The molecule has 8 heteroatoms. The van der Waals surface area contributed by atoms with Crippen LogP contribution in [0.5, 0.6) is 23.0 Å². The molecule has 0 aliphatic rings. The van der Waals surface area contributed by atoms with Gasteiger partial charge in [-0.3, -0.25) is 9.79 Å². The molecule has 118 valence electrons. The zero-order valence-corrected chi connectivity index (χ0v) is 12.4. The second kappa shape index (κ2) is 5.88. The average molecular weight is 326 g/mol. The first-order chi connectivity index (χ1) is 10.2. The van der Waals surface area contributed by atoms with Crippen LogP contribution in [-0.2, 0) is 4.57 Å². The monoisotopic (exact) mass is 326 g/mol. The maximum atomic E-state index is 11.1. The molecule has 0 saturated carbocycles. The van der Waals surface area contributed by atoms with E-state index in [9.17, 15) is 19.9 Å². The molecular weight excluding hydrogens is 311 g/mol. The molecule has 2 rings (SSSR count). The lowest BCUT2D eigenvalue weighted by Crippen LogP contribution is -2.01. The van der Waals surface area contributed by atoms with Crippen molar-refractivity contribution < 1.29 is 34.2 Å². The van der Waals surface area contributed by atoms with Crippen molar-refractivity contribution in [2.24, 2.45) is 0 Å². The van der Waals surface area contributed by atoms with Crippen molar-refractivity contribution in [1.29, 1.82) is 0 Å². The van der Waals surface area contributed by atoms with Gasteiger partial charge in [-0.2, -0.15) is 0 Å². The molecule has 0 aromatic heterocycles. The molecule has 0 bridgehead atoms. The summed E-state index contributed by atoms with van der Waals surface area (Å²) in [6.45, 7) is 1.66. The van der Waals surface area contributed by atoms with E-state index in [0.29, 0.717) is 5.56 Å². The van der Waals surface area contributed by atoms with Crippen LogP contribution in [0, 0.1) is 0 Å². The van der Waals surface area contributed by atoms with E-state index in [4.69, 9.17) is 9.79 Å². The summed E-state index contributed by atoms with van der Waals surface area (Å²) in [6, 6.07) is 8.26. The van der Waals surface area contributed by atoms with Crippen LogP contribution in [0.3, 0.4) is 0 Å². The number of phosphoric ester groups is 1. The summed E-state index contributed by atoms with van der Waals surface area (Å²) in [7, 11) is -4.87. The second-order valence-corrected chi connectivity index (χ2v) is 5.94. The van der Waals surface area contributed by atoms with Gasteiger partial charge < -0.3 is 19.8 Å². The Balaban J connectivity index is 2.55. The molecule has 2 aromatic rings. The minimum Gasteiger partial charge on any atom is -0.508 e. The Morgan fingerprint density at radius 1 is 1.05 bits per heavy atom. The fourth-order valence-electron chi connectivity index (χ4n) is 2.20. The van der Waals surface area contributed by atoms with Gasteiger partial charge >= 0.3 is 7.82 Å². The fourth-order valence-corrected chi connectivity index (χ4v) is 2.60. The van der Waals surface area contributed by atoms with Crippen molar-refractivity contribution in [3.63, 3.8) is 0 Å². The molecule has 0 radical (unpaired) electrons. The first-order valence-corrected chi connectivity index (χ1v) is 7.80. The van der Waals surface area contributed by atoms with Crippen molar-refractivity contribution in [3.8, 4) is 23.0 Å². The topological polar surface area (TPSA) is 127 Å². The Bertz CT molecular complexity index is 738. The van der Waals surface area contributed by atoms with E-state index >= 15 is 0 Å². The fraction of sp³-hybridized carbons (Fsp3) is 0.143. The minimum absolute atomic E-state index is 0.0140. The van der Waals surface area contributed by atoms with Gasteiger partial charge in [-0.25, -0.2) is 4.57 Å². The SMILES string of the molecule is CC(c1cccc(O)c1)c1c(O)cc(O)cc1OP(=O)(O)O. The summed E-state index contributed by atoms with van der Waals surface area (Å²) in [5.41, 5.74) is 0.684. The minimum atomic E-state index is -4.87. The van der Waals surface area contributed by atoms with Gasteiger partial charge in [0.05, 0.1) is 0 Å². The van der Waals surface area contributed by atoms with E-state index in [0.717, 1.165) is 12.1 Å². The van der Waals surface area contributed by atoms with Crippen LogP contribution < -0.4 is 4.52 Å². The number of phenols is 3. The summed E-state index contributed by atoms with van der Waals surface area (Å²) in [5.74, 6) is -1.64. The number of rotatable bonds is 4. The van der Waals surface area contributed by atoms with Gasteiger partial charge in [0, 0.05) is 23.6 Å². The number of hydrogen-bond acceptors (Lipinski definition) is 5. The molecule has 0 spiro atoms. The Hall–Kier alpha value is -2.21. The maximum Gasteiger partial charge on any atom is 0.524 e. The average Bonchev–Trinajstić information content (AvgIpc) is 2.35. The highest BCUT2D eigenvalue weighted by Gasteiger charge is 2.25. The summed E-state index contributed by atoms with van der Waals surface area (Å²) < 4.78 is 15.6. The standard InChI is InChI=1S/C14H15O7P/c1-8(9-3-2-4-10(15)5-9)14-12(17)6-11(16)7-13(14)21-22(18,19)20/h2-8,15-17H,1H3,(H2,18,19,20). The molecular formula is C14H15O7P. The van der Waals surface area contributed by atoms with Crippen molar-refractivity contribution >= 4 is 7.82 Å². The first-order valence-electron chi connectivity index (χ1n) is 6.27. The lowest BCUT2D eigenvalue weighted by atomic mass is 9.91. The Morgan fingerprint density at radius 3 is 2.32 bits per heavy atom. The molecule has 5 N–H and O–H groups in total. The molecule has 1 unspecified atom stereocenters. The lowest BCUT2D eigenvalue weighted by molar-refractivity contribution is 0.281. The zero-order valence-electron chi connectivity index (χ0n) is 11.5. The zero-order chi connectivity index (χ0) is 16.5. The van der Waals surface area contributed by atoms with E-state index in [1.54, 1.807) is 19.1 Å². The highest BCUT2D eigenvalue weighted by Crippen LogP contribution is 2.47. The van der Waals surface area contributed by atoms with Crippen molar-refractivity contribution in [3.05, 3.63) is 47.5 Å². The molecule has 0 heterocycles. The maximum absolute atomic E-state index is 11.1. The van der Waals surface area contributed by atoms with Crippen LogP contribution in [0.15, 0.2) is 36.4 Å². The largest absolute Gasteiger partial charge is 0.524 e. The summed E-state index contributed by atoms with van der Waals surface area (Å²) in [6.07, 6.45) is 0. The van der Waals surface area contributed by atoms with Gasteiger partial charge in [-0.15, -0.1) is 0 Å². The number of phenolic OH excluding ortho intramolecular Hbond substituents is 3. The van der Waals surface area contributed by atoms with Gasteiger partial charge in [0.2, 0.25) is 0 Å². The van der Waals surface area contributed by atoms with E-state index in [2.05, 4.69) is 4.52 Å². The van der Waals surface area contributed by atoms with Gasteiger partial charge in [0.1, 0.15) is 23.0 Å². The molecule has 22 heavy (non-hydrogen) atoms. The van der Waals surface area contributed by atoms with Crippen LogP contribution in [0.1, 0.15) is 24.0 Å². The van der Waals surface area contributed by atoms with Gasteiger partial charge in [0.15, 0.2) is 0 Å². The molecule has 0 aliphatic heterocycles. The Labute approximate surface area is 126 Å². The van der Waals surface area contributed by atoms with Crippen molar-refractivity contribution in [2.45, 2.75) is 12.8 Å². The predicted molar refractivity (Wildman–Crippen MR) is 78.1 cm³/mol. The number of hydrogen-bond donors (Lipinski definition) is 5. The number of aromatic hydroxyl groups is 3. The second-order valence-electron chi connectivity index (χ2n) is 4.78. The van der Waals surface area contributed by atoms with Crippen LogP contribution in [-0.4, -0.2) is 25.1 Å². The van der Waals surface area contributed by atoms with E-state index < -0.39 is 19.5 Å². The summed E-state index contributed by atoms with van der Waals surface area (Å²) >= 11 is 0. The molecule has 1 atom stereocenters. The van der Waals surface area contributed by atoms with Crippen molar-refractivity contribution in [2.75, 3.05) is 0 Å².